The first-order chi connectivity index (χ1) is 9.76. The molecule has 2 aromatic carbocycles. The van der Waals surface area contributed by atoms with Crippen molar-refractivity contribution in [1.82, 2.24) is 5.32 Å². The van der Waals surface area contributed by atoms with Crippen LogP contribution in [0.5, 0.6) is 17.2 Å². The molecular formula is C17H21NO2. The SMILES string of the molecule is CCc1ccc(Oc2cccc(CNC)c2)c(OC)c1. The molecule has 0 bridgehead atoms. The Hall–Kier alpha value is -2.00. The highest BCUT2D eigenvalue weighted by Crippen LogP contribution is 2.32. The Morgan fingerprint density at radius 3 is 2.55 bits per heavy atom. The minimum Gasteiger partial charge on any atom is -0.493 e. The van der Waals surface area contributed by atoms with E-state index in [-0.39, 0.29) is 0 Å². The molecule has 2 aromatic rings. The van der Waals surface area contributed by atoms with E-state index in [0.29, 0.717) is 0 Å². The molecule has 0 aromatic heterocycles. The Morgan fingerprint density at radius 1 is 1.00 bits per heavy atom. The molecule has 0 aliphatic heterocycles. The van der Waals surface area contributed by atoms with Crippen LogP contribution in [0.15, 0.2) is 42.5 Å². The Kier molecular flexibility index (Phi) is 5.02. The quantitative estimate of drug-likeness (QED) is 0.867. The standard InChI is InChI=1S/C17H21NO2/c1-4-13-8-9-16(17(11-13)19-3)20-15-7-5-6-14(10-15)12-18-2/h5-11,18H,4,12H2,1-3H3. The molecule has 0 fully saturated rings. The summed E-state index contributed by atoms with van der Waals surface area (Å²) in [5.41, 5.74) is 2.42. The maximum atomic E-state index is 5.93. The molecule has 3 nitrogen and oxygen atoms in total. The van der Waals surface area contributed by atoms with E-state index in [4.69, 9.17) is 9.47 Å². The van der Waals surface area contributed by atoms with Crippen LogP contribution in [0.4, 0.5) is 0 Å². The minimum atomic E-state index is 0.742. The van der Waals surface area contributed by atoms with Gasteiger partial charge in [-0.2, -0.15) is 0 Å². The third-order valence-electron chi connectivity index (χ3n) is 3.14. The molecule has 0 aliphatic rings. The lowest BCUT2D eigenvalue weighted by molar-refractivity contribution is 0.378. The Morgan fingerprint density at radius 2 is 1.85 bits per heavy atom. The molecule has 3 heteroatoms. The van der Waals surface area contributed by atoms with Crippen LogP contribution < -0.4 is 14.8 Å². The zero-order valence-electron chi connectivity index (χ0n) is 12.3. The van der Waals surface area contributed by atoms with Crippen LogP contribution in [-0.2, 0) is 13.0 Å². The van der Waals surface area contributed by atoms with Crippen LogP contribution in [0.3, 0.4) is 0 Å². The van der Waals surface area contributed by atoms with Gasteiger partial charge in [-0.05, 0) is 48.9 Å². The fraction of sp³-hybridized carbons (Fsp3) is 0.294. The van der Waals surface area contributed by atoms with Gasteiger partial charge in [0.1, 0.15) is 5.75 Å². The maximum absolute atomic E-state index is 5.93. The molecular weight excluding hydrogens is 250 g/mol. The van der Waals surface area contributed by atoms with Gasteiger partial charge in [0, 0.05) is 6.54 Å². The van der Waals surface area contributed by atoms with Gasteiger partial charge in [0.15, 0.2) is 11.5 Å². The highest BCUT2D eigenvalue weighted by atomic mass is 16.5. The van der Waals surface area contributed by atoms with E-state index in [0.717, 1.165) is 30.2 Å². The van der Waals surface area contributed by atoms with Crippen molar-refractivity contribution < 1.29 is 9.47 Å². The van der Waals surface area contributed by atoms with E-state index in [2.05, 4.69) is 24.4 Å². The van der Waals surface area contributed by atoms with Gasteiger partial charge in [-0.25, -0.2) is 0 Å². The summed E-state index contributed by atoms with van der Waals surface area (Å²) in [7, 11) is 3.60. The van der Waals surface area contributed by atoms with Crippen LogP contribution in [0.1, 0.15) is 18.1 Å². The van der Waals surface area contributed by atoms with E-state index >= 15 is 0 Å². The summed E-state index contributed by atoms with van der Waals surface area (Å²) in [4.78, 5) is 0. The van der Waals surface area contributed by atoms with Crippen molar-refractivity contribution >= 4 is 0 Å². The first kappa shape index (κ1) is 14.4. The van der Waals surface area contributed by atoms with Crippen molar-refractivity contribution in [3.8, 4) is 17.2 Å². The molecule has 0 saturated carbocycles. The normalized spacial score (nSPS) is 10.3. The molecule has 0 radical (unpaired) electrons. The zero-order chi connectivity index (χ0) is 14.4. The molecule has 20 heavy (non-hydrogen) atoms. The van der Waals surface area contributed by atoms with Crippen LogP contribution in [0, 0.1) is 0 Å². The number of hydrogen-bond acceptors (Lipinski definition) is 3. The number of ether oxygens (including phenoxy) is 2. The van der Waals surface area contributed by atoms with E-state index in [1.54, 1.807) is 7.11 Å². The summed E-state index contributed by atoms with van der Waals surface area (Å²) < 4.78 is 11.3. The summed E-state index contributed by atoms with van der Waals surface area (Å²) in [5.74, 6) is 2.33. The van der Waals surface area contributed by atoms with Crippen LogP contribution in [-0.4, -0.2) is 14.2 Å². The second-order valence-electron chi connectivity index (χ2n) is 4.62. The Balaban J connectivity index is 2.22. The molecule has 0 unspecified atom stereocenters. The van der Waals surface area contributed by atoms with Gasteiger partial charge in [-0.15, -0.1) is 0 Å². The van der Waals surface area contributed by atoms with Crippen LogP contribution in [0.25, 0.3) is 0 Å². The van der Waals surface area contributed by atoms with Crippen molar-refractivity contribution in [2.24, 2.45) is 0 Å². The molecule has 0 saturated heterocycles. The number of benzene rings is 2. The lowest BCUT2D eigenvalue weighted by Crippen LogP contribution is -2.04. The van der Waals surface area contributed by atoms with E-state index in [9.17, 15) is 0 Å². The van der Waals surface area contributed by atoms with Crippen molar-refractivity contribution in [1.29, 1.82) is 0 Å². The van der Waals surface area contributed by atoms with E-state index < -0.39 is 0 Å². The van der Waals surface area contributed by atoms with Crippen molar-refractivity contribution in [2.75, 3.05) is 14.2 Å². The molecule has 2 rings (SSSR count). The summed E-state index contributed by atoms with van der Waals surface area (Å²) in [6, 6.07) is 14.1. The van der Waals surface area contributed by atoms with Crippen molar-refractivity contribution in [3.63, 3.8) is 0 Å². The van der Waals surface area contributed by atoms with Crippen LogP contribution >= 0.6 is 0 Å². The Labute approximate surface area is 120 Å². The lowest BCUT2D eigenvalue weighted by atomic mass is 10.1. The number of methoxy groups -OCH3 is 1. The summed E-state index contributed by atoms with van der Waals surface area (Å²) >= 11 is 0. The lowest BCUT2D eigenvalue weighted by Gasteiger charge is -2.12. The van der Waals surface area contributed by atoms with Gasteiger partial charge in [-0.3, -0.25) is 0 Å². The second kappa shape index (κ2) is 6.96. The summed E-state index contributed by atoms with van der Waals surface area (Å²) in [6.07, 6.45) is 0.980. The average Bonchev–Trinajstić information content (AvgIpc) is 2.48. The Bertz CT molecular complexity index is 567. The van der Waals surface area contributed by atoms with E-state index in [1.807, 2.05) is 37.4 Å². The van der Waals surface area contributed by atoms with Gasteiger partial charge in [0.05, 0.1) is 7.11 Å². The molecule has 0 atom stereocenters. The van der Waals surface area contributed by atoms with Gasteiger partial charge in [0.25, 0.3) is 0 Å². The van der Waals surface area contributed by atoms with E-state index in [1.165, 1.54) is 11.1 Å². The monoisotopic (exact) mass is 271 g/mol. The van der Waals surface area contributed by atoms with Gasteiger partial charge >= 0.3 is 0 Å². The summed E-state index contributed by atoms with van der Waals surface area (Å²) in [5, 5.41) is 3.13. The number of aryl methyl sites for hydroxylation is 1. The van der Waals surface area contributed by atoms with Gasteiger partial charge < -0.3 is 14.8 Å². The smallest absolute Gasteiger partial charge is 0.169 e. The highest BCUT2D eigenvalue weighted by Gasteiger charge is 2.07. The molecule has 0 heterocycles. The van der Waals surface area contributed by atoms with Crippen molar-refractivity contribution in [2.45, 2.75) is 19.9 Å². The molecule has 106 valence electrons. The van der Waals surface area contributed by atoms with Gasteiger partial charge in [-0.1, -0.05) is 25.1 Å². The number of rotatable bonds is 6. The second-order valence-corrected chi connectivity index (χ2v) is 4.62. The molecule has 0 amide bonds. The largest absolute Gasteiger partial charge is 0.493 e. The molecule has 1 N–H and O–H groups in total. The number of nitrogens with one attached hydrogen (secondary N) is 1. The third kappa shape index (κ3) is 3.52. The summed E-state index contributed by atoms with van der Waals surface area (Å²) in [6.45, 7) is 2.94. The maximum Gasteiger partial charge on any atom is 0.169 e. The first-order valence-electron chi connectivity index (χ1n) is 6.85. The number of hydrogen-bond donors (Lipinski definition) is 1. The van der Waals surface area contributed by atoms with Crippen molar-refractivity contribution in [3.05, 3.63) is 53.6 Å². The fourth-order valence-electron chi connectivity index (χ4n) is 2.07. The third-order valence-corrected chi connectivity index (χ3v) is 3.14. The molecule has 0 aliphatic carbocycles. The minimum absolute atomic E-state index is 0.742. The van der Waals surface area contributed by atoms with Gasteiger partial charge in [0.2, 0.25) is 0 Å². The molecule has 0 spiro atoms. The first-order valence-corrected chi connectivity index (χ1v) is 6.85. The predicted octanol–water partition coefficient (Wildman–Crippen LogP) is 3.77. The fourth-order valence-corrected chi connectivity index (χ4v) is 2.07. The topological polar surface area (TPSA) is 30.5 Å². The average molecular weight is 271 g/mol. The predicted molar refractivity (Wildman–Crippen MR) is 81.7 cm³/mol. The van der Waals surface area contributed by atoms with Crippen LogP contribution in [0.2, 0.25) is 0 Å². The zero-order valence-corrected chi connectivity index (χ0v) is 12.3. The highest BCUT2D eigenvalue weighted by molar-refractivity contribution is 5.45.